The van der Waals surface area contributed by atoms with Gasteiger partial charge in [0.1, 0.15) is 5.75 Å². The summed E-state index contributed by atoms with van der Waals surface area (Å²) in [6.07, 6.45) is 6.85. The van der Waals surface area contributed by atoms with Crippen LogP contribution in [0.4, 0.5) is 5.69 Å². The third kappa shape index (κ3) is 6.81. The molecule has 0 aliphatic carbocycles. The summed E-state index contributed by atoms with van der Waals surface area (Å²) >= 11 is 0. The number of likely N-dealkylation sites (tertiary alicyclic amines) is 1. The van der Waals surface area contributed by atoms with E-state index < -0.39 is 0 Å². The van der Waals surface area contributed by atoms with Gasteiger partial charge in [0, 0.05) is 61.9 Å². The van der Waals surface area contributed by atoms with E-state index in [2.05, 4.69) is 58.2 Å². The minimum atomic E-state index is -0.0983. The molecule has 0 radical (unpaired) electrons. The zero-order valence-corrected chi connectivity index (χ0v) is 24.4. The summed E-state index contributed by atoms with van der Waals surface area (Å²) in [6, 6.07) is 17.0. The number of benzene rings is 2. The molecule has 7 heteroatoms. The third-order valence-corrected chi connectivity index (χ3v) is 8.32. The van der Waals surface area contributed by atoms with Crippen LogP contribution < -0.4 is 15.0 Å². The van der Waals surface area contributed by atoms with E-state index in [1.54, 1.807) is 13.2 Å². The summed E-state index contributed by atoms with van der Waals surface area (Å²) in [5, 5.41) is 12.4. The molecule has 1 amide bonds. The highest BCUT2D eigenvalue weighted by atomic mass is 16.5. The lowest BCUT2D eigenvalue weighted by molar-refractivity contribution is 0.0944. The standard InChI is InChI=1S/C33H41N5O2/c1-23-12-16-35-21-28(23)22-38(29-8-10-31(40-5)11-9-29)30-14-18-37(19-15-30)25(3)13-17-36-33(39)32-24(2)6-7-27(20-34)26(32)4/h6-12,16,21,25,30H,13-15,17-19,22H2,1-5H3,(H,36,39)/t25-/m1/s1. The number of carbonyl (C=O) groups is 1. The predicted molar refractivity (Wildman–Crippen MR) is 160 cm³/mol. The van der Waals surface area contributed by atoms with Crippen LogP contribution in [0.3, 0.4) is 0 Å². The fraction of sp³-hybridized carbons (Fsp3) is 0.424. The predicted octanol–water partition coefficient (Wildman–Crippen LogP) is 5.57. The molecule has 210 valence electrons. The minimum Gasteiger partial charge on any atom is -0.497 e. The van der Waals surface area contributed by atoms with Gasteiger partial charge in [0.15, 0.2) is 0 Å². The van der Waals surface area contributed by atoms with Crippen LogP contribution in [0.2, 0.25) is 0 Å². The van der Waals surface area contributed by atoms with E-state index in [9.17, 15) is 10.1 Å². The van der Waals surface area contributed by atoms with Crippen molar-refractivity contribution < 1.29 is 9.53 Å². The van der Waals surface area contributed by atoms with Crippen molar-refractivity contribution in [3.8, 4) is 11.8 Å². The third-order valence-electron chi connectivity index (χ3n) is 8.32. The second-order valence-corrected chi connectivity index (χ2v) is 10.8. The van der Waals surface area contributed by atoms with Gasteiger partial charge in [-0.3, -0.25) is 9.78 Å². The van der Waals surface area contributed by atoms with Gasteiger partial charge in [0.25, 0.3) is 5.91 Å². The number of piperidine rings is 1. The van der Waals surface area contributed by atoms with E-state index in [1.807, 2.05) is 44.4 Å². The number of anilines is 1. The lowest BCUT2D eigenvalue weighted by atomic mass is 9.97. The molecule has 1 N–H and O–H groups in total. The summed E-state index contributed by atoms with van der Waals surface area (Å²) in [4.78, 5) is 22.4. The molecule has 2 heterocycles. The Bertz CT molecular complexity index is 1340. The summed E-state index contributed by atoms with van der Waals surface area (Å²) in [7, 11) is 1.70. The van der Waals surface area contributed by atoms with Gasteiger partial charge in [0.05, 0.1) is 18.7 Å². The smallest absolute Gasteiger partial charge is 0.251 e. The largest absolute Gasteiger partial charge is 0.497 e. The molecule has 1 saturated heterocycles. The monoisotopic (exact) mass is 539 g/mol. The molecule has 1 aliphatic rings. The number of methoxy groups -OCH3 is 1. The van der Waals surface area contributed by atoms with E-state index >= 15 is 0 Å². The number of nitriles is 1. The highest BCUT2D eigenvalue weighted by Gasteiger charge is 2.28. The number of ether oxygens (including phenoxy) is 1. The first kappa shape index (κ1) is 29.1. The lowest BCUT2D eigenvalue weighted by Gasteiger charge is -2.42. The van der Waals surface area contributed by atoms with E-state index in [0.717, 1.165) is 55.8 Å². The molecule has 7 nitrogen and oxygen atoms in total. The number of rotatable bonds is 10. The van der Waals surface area contributed by atoms with Crippen molar-refractivity contribution in [2.24, 2.45) is 0 Å². The van der Waals surface area contributed by atoms with Crippen LogP contribution in [-0.4, -0.2) is 54.6 Å². The maximum absolute atomic E-state index is 12.9. The number of nitrogens with zero attached hydrogens (tertiary/aromatic N) is 4. The molecule has 1 fully saturated rings. The van der Waals surface area contributed by atoms with Crippen molar-refractivity contribution in [1.82, 2.24) is 15.2 Å². The van der Waals surface area contributed by atoms with Gasteiger partial charge >= 0.3 is 0 Å². The number of aryl methyl sites for hydroxylation is 2. The average Bonchev–Trinajstić information content (AvgIpc) is 2.97. The quantitative estimate of drug-likeness (QED) is 0.363. The first-order chi connectivity index (χ1) is 19.3. The average molecular weight is 540 g/mol. The Morgan fingerprint density at radius 2 is 1.85 bits per heavy atom. The summed E-state index contributed by atoms with van der Waals surface area (Å²) < 4.78 is 5.39. The minimum absolute atomic E-state index is 0.0983. The molecule has 2 aromatic carbocycles. The second-order valence-electron chi connectivity index (χ2n) is 10.8. The van der Waals surface area contributed by atoms with Crippen LogP contribution in [0, 0.1) is 32.1 Å². The van der Waals surface area contributed by atoms with Gasteiger partial charge in [-0.15, -0.1) is 0 Å². The van der Waals surface area contributed by atoms with Gasteiger partial charge in [-0.2, -0.15) is 5.26 Å². The Balaban J connectivity index is 1.35. The number of hydrogen-bond donors (Lipinski definition) is 1. The van der Waals surface area contributed by atoms with E-state index in [1.165, 1.54) is 16.8 Å². The molecule has 3 aromatic rings. The van der Waals surface area contributed by atoms with Crippen molar-refractivity contribution in [1.29, 1.82) is 5.26 Å². The topological polar surface area (TPSA) is 81.5 Å². The first-order valence-corrected chi connectivity index (χ1v) is 14.1. The zero-order valence-electron chi connectivity index (χ0n) is 24.4. The molecule has 4 rings (SSSR count). The zero-order chi connectivity index (χ0) is 28.6. The molecule has 0 unspecified atom stereocenters. The molecular formula is C33H41N5O2. The normalized spacial score (nSPS) is 14.8. The van der Waals surface area contributed by atoms with Gasteiger partial charge in [-0.05, 0) is 106 Å². The van der Waals surface area contributed by atoms with Crippen LogP contribution in [0.15, 0.2) is 54.9 Å². The van der Waals surface area contributed by atoms with Crippen LogP contribution in [-0.2, 0) is 6.54 Å². The van der Waals surface area contributed by atoms with E-state index in [-0.39, 0.29) is 5.91 Å². The van der Waals surface area contributed by atoms with Crippen molar-refractivity contribution in [3.05, 3.63) is 88.2 Å². The number of amides is 1. The Hall–Kier alpha value is -3.89. The van der Waals surface area contributed by atoms with Gasteiger partial charge in [0.2, 0.25) is 0 Å². The van der Waals surface area contributed by atoms with Gasteiger partial charge < -0.3 is 19.9 Å². The van der Waals surface area contributed by atoms with Crippen molar-refractivity contribution in [3.63, 3.8) is 0 Å². The molecule has 1 aromatic heterocycles. The van der Waals surface area contributed by atoms with E-state index in [0.29, 0.717) is 29.8 Å². The fourth-order valence-electron chi connectivity index (χ4n) is 5.67. The molecule has 0 bridgehead atoms. The molecule has 0 spiro atoms. The maximum atomic E-state index is 12.9. The number of nitrogens with one attached hydrogen (secondary N) is 1. The SMILES string of the molecule is COc1ccc(N(Cc2cnccc2C)C2CCN([C@H](C)CCNC(=O)c3c(C)ccc(C#N)c3C)CC2)cc1. The Labute approximate surface area is 238 Å². The first-order valence-electron chi connectivity index (χ1n) is 14.1. The molecular weight excluding hydrogens is 498 g/mol. The lowest BCUT2D eigenvalue weighted by Crippen LogP contribution is -2.48. The Kier molecular flexibility index (Phi) is 9.79. The van der Waals surface area contributed by atoms with Gasteiger partial charge in [-0.25, -0.2) is 0 Å². The molecule has 40 heavy (non-hydrogen) atoms. The van der Waals surface area contributed by atoms with Crippen molar-refractivity contribution in [2.75, 3.05) is 31.6 Å². The summed E-state index contributed by atoms with van der Waals surface area (Å²) in [5.74, 6) is 0.763. The molecule has 0 saturated carbocycles. The summed E-state index contributed by atoms with van der Waals surface area (Å²) in [6.45, 7) is 11.6. The number of pyridine rings is 1. The maximum Gasteiger partial charge on any atom is 0.251 e. The van der Waals surface area contributed by atoms with Gasteiger partial charge in [-0.1, -0.05) is 6.07 Å². The number of hydrogen-bond acceptors (Lipinski definition) is 6. The Morgan fingerprint density at radius 3 is 2.50 bits per heavy atom. The molecule has 1 atom stereocenters. The highest BCUT2D eigenvalue weighted by Crippen LogP contribution is 2.29. The van der Waals surface area contributed by atoms with Crippen LogP contribution in [0.5, 0.6) is 5.75 Å². The highest BCUT2D eigenvalue weighted by molar-refractivity contribution is 5.97. The summed E-state index contributed by atoms with van der Waals surface area (Å²) in [5.41, 5.74) is 6.51. The van der Waals surface area contributed by atoms with E-state index in [4.69, 9.17) is 4.74 Å². The fourth-order valence-corrected chi connectivity index (χ4v) is 5.67. The number of carbonyl (C=O) groups excluding carboxylic acids is 1. The van der Waals surface area contributed by atoms with Crippen LogP contribution in [0.25, 0.3) is 0 Å². The van der Waals surface area contributed by atoms with Crippen LogP contribution >= 0.6 is 0 Å². The second kappa shape index (κ2) is 13.5. The van der Waals surface area contributed by atoms with Crippen molar-refractivity contribution in [2.45, 2.75) is 65.6 Å². The Morgan fingerprint density at radius 1 is 1.12 bits per heavy atom. The number of aromatic nitrogens is 1. The van der Waals surface area contributed by atoms with Crippen LogP contribution in [0.1, 0.15) is 64.4 Å². The molecule has 1 aliphatic heterocycles. The van der Waals surface area contributed by atoms with Crippen molar-refractivity contribution >= 4 is 11.6 Å².